The fraction of sp³-hybridized carbons (Fsp3) is 0.957. The predicted molar refractivity (Wildman–Crippen MR) is 117 cm³/mol. The molecule has 1 atom stereocenters. The number of ether oxygens (including phenoxy) is 1. The first-order chi connectivity index (χ1) is 13.6. The first-order valence-corrected chi connectivity index (χ1v) is 12.0. The van der Waals surface area contributed by atoms with Crippen LogP contribution in [0.25, 0.3) is 0 Å². The minimum Gasteiger partial charge on any atom is -0.450 e. The van der Waals surface area contributed by atoms with Crippen LogP contribution in [0.5, 0.6) is 0 Å². The van der Waals surface area contributed by atoms with E-state index in [1.165, 1.54) is 0 Å². The molecule has 0 aromatic carbocycles. The summed E-state index contributed by atoms with van der Waals surface area (Å²) in [5.74, 6) is 0. The lowest BCUT2D eigenvalue weighted by atomic mass is 9.82. The van der Waals surface area contributed by atoms with Gasteiger partial charge in [-0.1, -0.05) is 53.4 Å². The SMILES string of the molecule is CCCCN(CCCC)C1(N(CCCC)CCCC)CCCCC1OC(=O)O. The smallest absolute Gasteiger partial charge is 0.450 e. The van der Waals surface area contributed by atoms with Gasteiger partial charge >= 0.3 is 6.16 Å². The van der Waals surface area contributed by atoms with Crippen molar-refractivity contribution in [3.63, 3.8) is 0 Å². The average Bonchev–Trinajstić information content (AvgIpc) is 2.69. The molecule has 5 nitrogen and oxygen atoms in total. The van der Waals surface area contributed by atoms with Crippen molar-refractivity contribution in [2.24, 2.45) is 0 Å². The molecule has 1 saturated carbocycles. The number of nitrogens with zero attached hydrogens (tertiary/aromatic N) is 2. The lowest BCUT2D eigenvalue weighted by molar-refractivity contribution is -0.163. The summed E-state index contributed by atoms with van der Waals surface area (Å²) >= 11 is 0. The van der Waals surface area contributed by atoms with Gasteiger partial charge in [0.1, 0.15) is 11.8 Å². The molecule has 5 heteroatoms. The molecule has 0 heterocycles. The Morgan fingerprint density at radius 3 is 1.64 bits per heavy atom. The van der Waals surface area contributed by atoms with E-state index in [0.29, 0.717) is 0 Å². The Morgan fingerprint density at radius 2 is 1.29 bits per heavy atom. The summed E-state index contributed by atoms with van der Waals surface area (Å²) in [7, 11) is 0. The molecule has 1 fully saturated rings. The first kappa shape index (κ1) is 25.2. The third-order valence-corrected chi connectivity index (χ3v) is 6.24. The lowest BCUT2D eigenvalue weighted by Crippen LogP contribution is -2.69. The van der Waals surface area contributed by atoms with E-state index >= 15 is 0 Å². The molecule has 0 saturated heterocycles. The third-order valence-electron chi connectivity index (χ3n) is 6.24. The van der Waals surface area contributed by atoms with E-state index in [1.807, 2.05) is 0 Å². The maximum absolute atomic E-state index is 11.6. The maximum atomic E-state index is 11.6. The molecule has 1 rings (SSSR count). The van der Waals surface area contributed by atoms with Gasteiger partial charge in [-0.25, -0.2) is 4.79 Å². The quantitative estimate of drug-likeness (QED) is 0.266. The molecule has 1 aliphatic carbocycles. The van der Waals surface area contributed by atoms with Gasteiger partial charge in [0, 0.05) is 26.2 Å². The summed E-state index contributed by atoms with van der Waals surface area (Å²) in [6.45, 7) is 13.1. The van der Waals surface area contributed by atoms with Crippen molar-refractivity contribution in [2.75, 3.05) is 26.2 Å². The van der Waals surface area contributed by atoms with Gasteiger partial charge in [0.2, 0.25) is 0 Å². The molecule has 0 aromatic heterocycles. The highest BCUT2D eigenvalue weighted by atomic mass is 16.7. The highest BCUT2D eigenvalue weighted by Crippen LogP contribution is 2.40. The largest absolute Gasteiger partial charge is 0.506 e. The van der Waals surface area contributed by atoms with Crippen molar-refractivity contribution in [1.29, 1.82) is 0 Å². The van der Waals surface area contributed by atoms with Crippen LogP contribution >= 0.6 is 0 Å². The molecule has 0 aliphatic heterocycles. The maximum Gasteiger partial charge on any atom is 0.506 e. The van der Waals surface area contributed by atoms with Crippen molar-refractivity contribution in [2.45, 2.75) is 117 Å². The Balaban J connectivity index is 3.33. The van der Waals surface area contributed by atoms with Gasteiger partial charge in [0.15, 0.2) is 0 Å². The summed E-state index contributed by atoms with van der Waals surface area (Å²) in [6, 6.07) is 0. The summed E-state index contributed by atoms with van der Waals surface area (Å²) < 4.78 is 5.62. The summed E-state index contributed by atoms with van der Waals surface area (Å²) in [4.78, 5) is 16.8. The monoisotopic (exact) mass is 398 g/mol. The summed E-state index contributed by atoms with van der Waals surface area (Å²) in [5, 5.41) is 9.51. The first-order valence-electron chi connectivity index (χ1n) is 12.0. The van der Waals surface area contributed by atoms with Gasteiger partial charge in [0.05, 0.1) is 0 Å². The molecule has 1 unspecified atom stereocenters. The Labute approximate surface area is 173 Å². The highest BCUT2D eigenvalue weighted by molar-refractivity contribution is 5.57. The zero-order valence-electron chi connectivity index (χ0n) is 19.0. The summed E-state index contributed by atoms with van der Waals surface area (Å²) in [6.07, 6.45) is 12.0. The van der Waals surface area contributed by atoms with Gasteiger partial charge in [-0.3, -0.25) is 9.80 Å². The molecular weight excluding hydrogens is 352 g/mol. The van der Waals surface area contributed by atoms with E-state index in [1.54, 1.807) is 0 Å². The number of carboxylic acid groups (broad SMARTS) is 1. The fourth-order valence-electron chi connectivity index (χ4n) is 4.70. The Bertz CT molecular complexity index is 381. The van der Waals surface area contributed by atoms with Gasteiger partial charge < -0.3 is 9.84 Å². The Kier molecular flexibility index (Phi) is 12.8. The minimum atomic E-state index is -1.12. The van der Waals surface area contributed by atoms with Crippen LogP contribution in [-0.4, -0.2) is 59.0 Å². The topological polar surface area (TPSA) is 53.0 Å². The standard InChI is InChI=1S/C23H46N2O3/c1-5-9-17-24(18-10-6-2)23(25(19-11-7-3)20-12-8-4)16-14-13-15-21(23)28-22(26)27/h21H,5-20H2,1-4H3,(H,26,27). The van der Waals surface area contributed by atoms with Crippen LogP contribution in [0.1, 0.15) is 105 Å². The van der Waals surface area contributed by atoms with Crippen LogP contribution in [0.3, 0.4) is 0 Å². The van der Waals surface area contributed by atoms with Crippen LogP contribution in [0, 0.1) is 0 Å². The van der Waals surface area contributed by atoms with E-state index < -0.39 is 6.16 Å². The third kappa shape index (κ3) is 7.22. The normalized spacial score (nSPS) is 19.3. The predicted octanol–water partition coefficient (Wildman–Crippen LogP) is 6.12. The Hall–Kier alpha value is -0.810. The van der Waals surface area contributed by atoms with Crippen LogP contribution in [-0.2, 0) is 4.74 Å². The highest BCUT2D eigenvalue weighted by Gasteiger charge is 2.51. The van der Waals surface area contributed by atoms with Gasteiger partial charge in [-0.15, -0.1) is 0 Å². The molecule has 0 bridgehead atoms. The second kappa shape index (κ2) is 14.2. The number of hydrogen-bond donors (Lipinski definition) is 1. The van der Waals surface area contributed by atoms with Crippen LogP contribution in [0.15, 0.2) is 0 Å². The minimum absolute atomic E-state index is 0.249. The second-order valence-electron chi connectivity index (χ2n) is 8.39. The van der Waals surface area contributed by atoms with E-state index in [9.17, 15) is 9.90 Å². The van der Waals surface area contributed by atoms with E-state index in [0.717, 1.165) is 103 Å². The van der Waals surface area contributed by atoms with Crippen molar-refractivity contribution in [1.82, 2.24) is 9.80 Å². The van der Waals surface area contributed by atoms with Crippen LogP contribution < -0.4 is 0 Å². The second-order valence-corrected chi connectivity index (χ2v) is 8.39. The van der Waals surface area contributed by atoms with Crippen LogP contribution in [0.2, 0.25) is 0 Å². The molecule has 1 N–H and O–H groups in total. The molecule has 0 radical (unpaired) electrons. The number of rotatable bonds is 15. The van der Waals surface area contributed by atoms with Gasteiger partial charge in [-0.05, 0) is 51.4 Å². The van der Waals surface area contributed by atoms with E-state index in [2.05, 4.69) is 37.5 Å². The number of unbranched alkanes of at least 4 members (excludes halogenated alkanes) is 4. The fourth-order valence-corrected chi connectivity index (χ4v) is 4.70. The zero-order valence-corrected chi connectivity index (χ0v) is 19.0. The average molecular weight is 399 g/mol. The molecule has 0 spiro atoms. The zero-order chi connectivity index (χ0) is 20.8. The summed E-state index contributed by atoms with van der Waals surface area (Å²) in [5.41, 5.74) is -0.273. The van der Waals surface area contributed by atoms with Crippen molar-refractivity contribution in [3.8, 4) is 0 Å². The molecule has 1 aliphatic rings. The van der Waals surface area contributed by atoms with Crippen molar-refractivity contribution in [3.05, 3.63) is 0 Å². The molecular formula is C23H46N2O3. The van der Waals surface area contributed by atoms with Crippen LogP contribution in [0.4, 0.5) is 4.79 Å². The lowest BCUT2D eigenvalue weighted by Gasteiger charge is -2.56. The molecule has 0 amide bonds. The van der Waals surface area contributed by atoms with Crippen molar-refractivity contribution >= 4 is 6.16 Å². The van der Waals surface area contributed by atoms with Gasteiger partial charge in [-0.2, -0.15) is 0 Å². The van der Waals surface area contributed by atoms with E-state index in [4.69, 9.17) is 4.74 Å². The number of carbonyl (C=O) groups is 1. The molecule has 28 heavy (non-hydrogen) atoms. The Morgan fingerprint density at radius 1 is 0.857 bits per heavy atom. The molecule has 166 valence electrons. The van der Waals surface area contributed by atoms with Crippen molar-refractivity contribution < 1.29 is 14.6 Å². The molecule has 0 aromatic rings. The number of hydrogen-bond acceptors (Lipinski definition) is 4. The van der Waals surface area contributed by atoms with E-state index in [-0.39, 0.29) is 11.8 Å². The van der Waals surface area contributed by atoms with Gasteiger partial charge in [0.25, 0.3) is 0 Å².